The van der Waals surface area contributed by atoms with Gasteiger partial charge in [-0.1, -0.05) is 6.92 Å². The predicted octanol–water partition coefficient (Wildman–Crippen LogP) is 1.98. The van der Waals surface area contributed by atoms with Crippen LogP contribution in [0, 0.1) is 0 Å². The van der Waals surface area contributed by atoms with Gasteiger partial charge < -0.3 is 9.73 Å². The summed E-state index contributed by atoms with van der Waals surface area (Å²) in [6.07, 6.45) is 2.48. The predicted molar refractivity (Wildman–Crippen MR) is 78.5 cm³/mol. The molecular formula is C14H22N2O4S. The fourth-order valence-electron chi connectivity index (χ4n) is 2.09. The van der Waals surface area contributed by atoms with Crippen LogP contribution in [0.5, 0.6) is 0 Å². The van der Waals surface area contributed by atoms with Gasteiger partial charge in [-0.2, -0.15) is 4.31 Å². The third-order valence-electron chi connectivity index (χ3n) is 3.80. The lowest BCUT2D eigenvalue weighted by Gasteiger charge is -2.23. The van der Waals surface area contributed by atoms with Crippen molar-refractivity contribution in [3.8, 4) is 0 Å². The van der Waals surface area contributed by atoms with E-state index >= 15 is 0 Å². The Labute approximate surface area is 125 Å². The minimum atomic E-state index is -3.61. The Bertz CT molecular complexity index is 613. The van der Waals surface area contributed by atoms with Gasteiger partial charge in [0.25, 0.3) is 15.9 Å². The maximum atomic E-state index is 12.3. The zero-order chi connectivity index (χ0) is 15.7. The zero-order valence-corrected chi connectivity index (χ0v) is 13.5. The van der Waals surface area contributed by atoms with E-state index in [2.05, 4.69) is 5.32 Å². The minimum Gasteiger partial charge on any atom is -0.438 e. The van der Waals surface area contributed by atoms with Crippen molar-refractivity contribution >= 4 is 15.9 Å². The monoisotopic (exact) mass is 314 g/mol. The Kier molecular flexibility index (Phi) is 4.43. The van der Waals surface area contributed by atoms with Gasteiger partial charge in [0.05, 0.1) is 0 Å². The first-order valence-electron chi connectivity index (χ1n) is 7.19. The van der Waals surface area contributed by atoms with Crippen molar-refractivity contribution in [1.82, 2.24) is 9.62 Å². The molecular weight excluding hydrogens is 292 g/mol. The van der Waals surface area contributed by atoms with Gasteiger partial charge in [-0.3, -0.25) is 4.79 Å². The first-order valence-corrected chi connectivity index (χ1v) is 8.63. The number of hydrogen-bond acceptors (Lipinski definition) is 4. The van der Waals surface area contributed by atoms with Gasteiger partial charge in [0.15, 0.2) is 5.76 Å². The summed E-state index contributed by atoms with van der Waals surface area (Å²) in [7, 11) is -3.61. The number of sulfonamides is 1. The first-order chi connectivity index (χ1) is 9.76. The summed E-state index contributed by atoms with van der Waals surface area (Å²) >= 11 is 0. The van der Waals surface area contributed by atoms with Crippen LogP contribution in [-0.2, 0) is 10.0 Å². The van der Waals surface area contributed by atoms with Crippen molar-refractivity contribution in [2.24, 2.45) is 0 Å². The van der Waals surface area contributed by atoms with Crippen molar-refractivity contribution in [3.05, 3.63) is 17.9 Å². The van der Waals surface area contributed by atoms with Crippen LogP contribution in [-0.4, -0.2) is 37.3 Å². The molecule has 1 aliphatic rings. The van der Waals surface area contributed by atoms with Crippen molar-refractivity contribution in [3.63, 3.8) is 0 Å². The molecule has 2 rings (SSSR count). The lowest BCUT2D eigenvalue weighted by atomic mass is 10.0. The molecule has 0 radical (unpaired) electrons. The standard InChI is InChI=1S/C14H22N2O4S/c1-4-14(2,3)15-13(17)11-7-8-12(20-11)21(18,19)16-9-5-6-10-16/h7-8H,4-6,9-10H2,1-3H3,(H,15,17). The number of nitrogens with one attached hydrogen (secondary N) is 1. The molecule has 1 aromatic heterocycles. The fourth-order valence-corrected chi connectivity index (χ4v) is 3.52. The van der Waals surface area contributed by atoms with Crippen LogP contribution >= 0.6 is 0 Å². The van der Waals surface area contributed by atoms with Gasteiger partial charge in [-0.05, 0) is 45.2 Å². The number of carbonyl (C=O) groups is 1. The number of nitrogens with zero attached hydrogens (tertiary/aromatic N) is 1. The average molecular weight is 314 g/mol. The van der Waals surface area contributed by atoms with Crippen LogP contribution in [0.1, 0.15) is 50.6 Å². The van der Waals surface area contributed by atoms with Crippen molar-refractivity contribution in [1.29, 1.82) is 0 Å². The molecule has 6 nitrogen and oxygen atoms in total. The minimum absolute atomic E-state index is 0.0225. The molecule has 1 amide bonds. The molecule has 0 spiro atoms. The highest BCUT2D eigenvalue weighted by Crippen LogP contribution is 2.23. The fraction of sp³-hybridized carbons (Fsp3) is 0.643. The molecule has 0 aliphatic carbocycles. The van der Waals surface area contributed by atoms with E-state index in [0.717, 1.165) is 19.3 Å². The second-order valence-electron chi connectivity index (χ2n) is 5.92. The van der Waals surface area contributed by atoms with Crippen LogP contribution in [0.2, 0.25) is 0 Å². The summed E-state index contributed by atoms with van der Waals surface area (Å²) in [6.45, 7) is 6.78. The normalized spacial score (nSPS) is 17.1. The van der Waals surface area contributed by atoms with Crippen LogP contribution in [0.25, 0.3) is 0 Å². The molecule has 0 saturated carbocycles. The van der Waals surface area contributed by atoms with Gasteiger partial charge >= 0.3 is 0 Å². The Morgan fingerprint density at radius 1 is 1.33 bits per heavy atom. The summed E-state index contributed by atoms with van der Waals surface area (Å²) in [5.41, 5.74) is -0.363. The van der Waals surface area contributed by atoms with E-state index in [1.807, 2.05) is 20.8 Å². The highest BCUT2D eigenvalue weighted by molar-refractivity contribution is 7.89. The Morgan fingerprint density at radius 2 is 1.95 bits per heavy atom. The number of rotatable bonds is 5. The van der Waals surface area contributed by atoms with Gasteiger partial charge in [-0.25, -0.2) is 8.42 Å². The summed E-state index contributed by atoms with van der Waals surface area (Å²) in [6, 6.07) is 2.76. The molecule has 1 aromatic rings. The second-order valence-corrected chi connectivity index (χ2v) is 7.79. The van der Waals surface area contributed by atoms with Crippen molar-refractivity contribution in [2.75, 3.05) is 13.1 Å². The summed E-state index contributed by atoms with van der Waals surface area (Å²) in [5, 5.41) is 2.65. The molecule has 1 N–H and O–H groups in total. The molecule has 0 aromatic carbocycles. The maximum Gasteiger partial charge on any atom is 0.287 e. The molecule has 1 aliphatic heterocycles. The molecule has 7 heteroatoms. The van der Waals surface area contributed by atoms with E-state index in [1.54, 1.807) is 0 Å². The van der Waals surface area contributed by atoms with Gasteiger partial charge in [-0.15, -0.1) is 0 Å². The van der Waals surface area contributed by atoms with Crippen molar-refractivity contribution in [2.45, 2.75) is 50.7 Å². The number of furan rings is 1. The van der Waals surface area contributed by atoms with Crippen molar-refractivity contribution < 1.29 is 17.6 Å². The zero-order valence-electron chi connectivity index (χ0n) is 12.7. The van der Waals surface area contributed by atoms with Crippen LogP contribution in [0.3, 0.4) is 0 Å². The van der Waals surface area contributed by atoms with E-state index in [0.29, 0.717) is 13.1 Å². The quantitative estimate of drug-likeness (QED) is 0.901. The van der Waals surface area contributed by atoms with E-state index in [9.17, 15) is 13.2 Å². The average Bonchev–Trinajstić information content (AvgIpc) is 3.10. The lowest BCUT2D eigenvalue weighted by molar-refractivity contribution is 0.0877. The van der Waals surface area contributed by atoms with E-state index in [4.69, 9.17) is 4.42 Å². The van der Waals surface area contributed by atoms with E-state index in [1.165, 1.54) is 16.4 Å². The summed E-state index contributed by atoms with van der Waals surface area (Å²) in [4.78, 5) is 12.1. The maximum absolute atomic E-state index is 12.3. The van der Waals surface area contributed by atoms with Crippen LogP contribution in [0.4, 0.5) is 0 Å². The van der Waals surface area contributed by atoms with E-state index in [-0.39, 0.29) is 16.4 Å². The highest BCUT2D eigenvalue weighted by Gasteiger charge is 2.31. The Morgan fingerprint density at radius 3 is 2.52 bits per heavy atom. The van der Waals surface area contributed by atoms with Gasteiger partial charge in [0.2, 0.25) is 5.09 Å². The Hall–Kier alpha value is -1.34. The van der Waals surface area contributed by atoms with E-state index < -0.39 is 15.9 Å². The highest BCUT2D eigenvalue weighted by atomic mass is 32.2. The number of hydrogen-bond donors (Lipinski definition) is 1. The number of carbonyl (C=O) groups excluding carboxylic acids is 1. The molecule has 0 bridgehead atoms. The topological polar surface area (TPSA) is 79.6 Å². The third-order valence-corrected chi connectivity index (χ3v) is 5.57. The molecule has 0 unspecified atom stereocenters. The lowest BCUT2D eigenvalue weighted by Crippen LogP contribution is -2.42. The molecule has 2 heterocycles. The molecule has 1 saturated heterocycles. The molecule has 118 valence electrons. The Balaban J connectivity index is 2.16. The van der Waals surface area contributed by atoms with Gasteiger partial charge in [0, 0.05) is 18.6 Å². The van der Waals surface area contributed by atoms with Gasteiger partial charge in [0.1, 0.15) is 0 Å². The SMILES string of the molecule is CCC(C)(C)NC(=O)c1ccc(S(=O)(=O)N2CCCC2)o1. The smallest absolute Gasteiger partial charge is 0.287 e. The van der Waals surface area contributed by atoms with Crippen LogP contribution in [0.15, 0.2) is 21.6 Å². The second kappa shape index (κ2) is 5.81. The number of amides is 1. The molecule has 1 fully saturated rings. The molecule has 0 atom stereocenters. The summed E-state index contributed by atoms with van der Waals surface area (Å²) < 4.78 is 31.3. The largest absolute Gasteiger partial charge is 0.438 e. The first kappa shape index (κ1) is 16.0. The summed E-state index contributed by atoms with van der Waals surface area (Å²) in [5.74, 6) is -0.376. The molecule has 21 heavy (non-hydrogen) atoms. The third kappa shape index (κ3) is 3.47. The van der Waals surface area contributed by atoms with Crippen LogP contribution < -0.4 is 5.32 Å².